The number of para-hydroxylation sites is 1. The Morgan fingerprint density at radius 2 is 1.56 bits per heavy atom. The molecule has 1 aromatic heterocycles. The van der Waals surface area contributed by atoms with Crippen LogP contribution in [-0.4, -0.2) is 4.98 Å². The molecule has 2 aromatic carbocycles. The van der Waals surface area contributed by atoms with Gasteiger partial charge in [0.1, 0.15) is 0 Å². The van der Waals surface area contributed by atoms with Gasteiger partial charge in [-0.05, 0) is 36.1 Å². The van der Waals surface area contributed by atoms with Gasteiger partial charge in [0, 0.05) is 10.9 Å². The van der Waals surface area contributed by atoms with Crippen molar-refractivity contribution in [1.29, 1.82) is 0 Å². The molecule has 0 saturated carbocycles. The molecule has 0 fully saturated rings. The third-order valence-corrected chi connectivity index (χ3v) is 3.74. The second-order valence-corrected chi connectivity index (χ2v) is 4.85. The van der Waals surface area contributed by atoms with E-state index >= 15 is 0 Å². The first-order valence-electron chi connectivity index (χ1n) is 6.39. The molecule has 0 amide bonds. The molecule has 18 heavy (non-hydrogen) atoms. The number of benzene rings is 2. The van der Waals surface area contributed by atoms with E-state index in [0.717, 1.165) is 18.4 Å². The van der Waals surface area contributed by atoms with Crippen molar-refractivity contribution < 1.29 is 0 Å². The van der Waals surface area contributed by atoms with Crippen LogP contribution in [0.5, 0.6) is 0 Å². The lowest BCUT2D eigenvalue weighted by Crippen LogP contribution is -2.05. The van der Waals surface area contributed by atoms with E-state index in [1.54, 1.807) is 0 Å². The number of aromatic nitrogens is 1. The molecular formula is C17H13N. The van der Waals surface area contributed by atoms with Crippen LogP contribution in [0.15, 0.2) is 54.6 Å². The first-order valence-corrected chi connectivity index (χ1v) is 6.39. The zero-order valence-corrected chi connectivity index (χ0v) is 10.1. The van der Waals surface area contributed by atoms with Gasteiger partial charge in [-0.3, -0.25) is 0 Å². The molecule has 0 N–H and O–H groups in total. The van der Waals surface area contributed by atoms with Crippen LogP contribution < -0.4 is 0 Å². The van der Waals surface area contributed by atoms with E-state index in [-0.39, 0.29) is 0 Å². The van der Waals surface area contributed by atoms with E-state index in [4.69, 9.17) is 4.98 Å². The molecule has 86 valence electrons. The zero-order chi connectivity index (χ0) is 11.9. The molecule has 0 spiro atoms. The molecule has 1 aliphatic carbocycles. The lowest BCUT2D eigenvalue weighted by Gasteiger charge is -2.19. The van der Waals surface area contributed by atoms with Gasteiger partial charge in [0.15, 0.2) is 0 Å². The van der Waals surface area contributed by atoms with Crippen LogP contribution in [-0.2, 0) is 12.8 Å². The topological polar surface area (TPSA) is 12.9 Å². The van der Waals surface area contributed by atoms with Crippen molar-refractivity contribution in [2.75, 3.05) is 0 Å². The highest BCUT2D eigenvalue weighted by atomic mass is 14.7. The highest BCUT2D eigenvalue weighted by molar-refractivity contribution is 5.84. The van der Waals surface area contributed by atoms with Crippen molar-refractivity contribution in [2.24, 2.45) is 0 Å². The molecule has 0 aliphatic heterocycles. The van der Waals surface area contributed by atoms with Gasteiger partial charge in [-0.1, -0.05) is 42.5 Å². The SMILES string of the molecule is c1ccc2c(c1)CCc1cc3ccccc3nc1-2. The maximum atomic E-state index is 4.86. The third-order valence-electron chi connectivity index (χ3n) is 3.74. The Morgan fingerprint density at radius 3 is 2.56 bits per heavy atom. The third kappa shape index (κ3) is 1.37. The predicted molar refractivity (Wildman–Crippen MR) is 74.6 cm³/mol. The zero-order valence-electron chi connectivity index (χ0n) is 10.1. The van der Waals surface area contributed by atoms with Crippen LogP contribution in [0.25, 0.3) is 22.2 Å². The summed E-state index contributed by atoms with van der Waals surface area (Å²) >= 11 is 0. The number of hydrogen-bond acceptors (Lipinski definition) is 1. The minimum atomic E-state index is 1.09. The number of nitrogens with zero attached hydrogens (tertiary/aromatic N) is 1. The molecule has 1 nitrogen and oxygen atoms in total. The molecule has 0 unspecified atom stereocenters. The van der Waals surface area contributed by atoms with Gasteiger partial charge < -0.3 is 0 Å². The fourth-order valence-corrected chi connectivity index (χ4v) is 2.82. The number of aryl methyl sites for hydroxylation is 2. The largest absolute Gasteiger partial charge is 0.247 e. The van der Waals surface area contributed by atoms with E-state index in [1.165, 1.54) is 27.8 Å². The predicted octanol–water partition coefficient (Wildman–Crippen LogP) is 4.00. The number of rotatable bonds is 0. The van der Waals surface area contributed by atoms with Crippen molar-refractivity contribution in [3.8, 4) is 11.3 Å². The molecule has 1 heterocycles. The number of hydrogen-bond donors (Lipinski definition) is 0. The van der Waals surface area contributed by atoms with Crippen molar-refractivity contribution in [1.82, 2.24) is 4.98 Å². The molecule has 1 heteroatoms. The lowest BCUT2D eigenvalue weighted by atomic mass is 9.88. The smallest absolute Gasteiger partial charge is 0.0744 e. The van der Waals surface area contributed by atoms with Gasteiger partial charge in [-0.15, -0.1) is 0 Å². The van der Waals surface area contributed by atoms with Gasteiger partial charge in [-0.2, -0.15) is 0 Å². The summed E-state index contributed by atoms with van der Waals surface area (Å²) in [6, 6.07) is 19.3. The van der Waals surface area contributed by atoms with E-state index in [0.29, 0.717) is 0 Å². The Bertz CT molecular complexity index is 743. The minimum absolute atomic E-state index is 1.09. The summed E-state index contributed by atoms with van der Waals surface area (Å²) in [7, 11) is 0. The Balaban J connectivity index is 2.06. The molecule has 0 radical (unpaired) electrons. The molecule has 0 atom stereocenters. The van der Waals surface area contributed by atoms with E-state index in [2.05, 4.69) is 54.6 Å². The van der Waals surface area contributed by atoms with Crippen LogP contribution in [0, 0.1) is 0 Å². The second kappa shape index (κ2) is 3.67. The number of fused-ring (bicyclic) bond motifs is 4. The second-order valence-electron chi connectivity index (χ2n) is 4.85. The fourth-order valence-electron chi connectivity index (χ4n) is 2.82. The van der Waals surface area contributed by atoms with E-state index < -0.39 is 0 Å². The van der Waals surface area contributed by atoms with E-state index in [9.17, 15) is 0 Å². The maximum absolute atomic E-state index is 4.86. The summed E-state index contributed by atoms with van der Waals surface area (Å²) in [6.07, 6.45) is 2.23. The summed E-state index contributed by atoms with van der Waals surface area (Å²) in [5.74, 6) is 0. The standard InChI is InChI=1S/C17H13N/c1-3-7-15-12(5-1)9-10-14-11-13-6-2-4-8-16(13)18-17(14)15/h1-8,11H,9-10H2. The lowest BCUT2D eigenvalue weighted by molar-refractivity contribution is 0.933. The fraction of sp³-hybridized carbons (Fsp3) is 0.118. The Hall–Kier alpha value is -2.15. The van der Waals surface area contributed by atoms with Gasteiger partial charge >= 0.3 is 0 Å². The molecule has 0 bridgehead atoms. The van der Waals surface area contributed by atoms with Crippen LogP contribution >= 0.6 is 0 Å². The Kier molecular flexibility index (Phi) is 2.01. The quantitative estimate of drug-likeness (QED) is 0.570. The van der Waals surface area contributed by atoms with Crippen LogP contribution in [0.1, 0.15) is 11.1 Å². The Labute approximate surface area is 106 Å². The molecule has 4 rings (SSSR count). The van der Waals surface area contributed by atoms with Gasteiger partial charge in [0.25, 0.3) is 0 Å². The van der Waals surface area contributed by atoms with Crippen LogP contribution in [0.3, 0.4) is 0 Å². The van der Waals surface area contributed by atoms with E-state index in [1.807, 2.05) is 0 Å². The summed E-state index contributed by atoms with van der Waals surface area (Å²) in [5, 5.41) is 1.25. The monoisotopic (exact) mass is 231 g/mol. The average molecular weight is 231 g/mol. The highest BCUT2D eigenvalue weighted by Gasteiger charge is 2.17. The first kappa shape index (κ1) is 9.84. The summed E-state index contributed by atoms with van der Waals surface area (Å²) < 4.78 is 0. The summed E-state index contributed by atoms with van der Waals surface area (Å²) in [5.41, 5.74) is 6.38. The molecule has 1 aliphatic rings. The van der Waals surface area contributed by atoms with Crippen LogP contribution in [0.4, 0.5) is 0 Å². The minimum Gasteiger partial charge on any atom is -0.247 e. The van der Waals surface area contributed by atoms with Crippen molar-refractivity contribution in [3.05, 3.63) is 65.7 Å². The number of pyridine rings is 1. The average Bonchev–Trinajstić information content (AvgIpc) is 2.45. The molecular weight excluding hydrogens is 218 g/mol. The van der Waals surface area contributed by atoms with Crippen molar-refractivity contribution >= 4 is 10.9 Å². The normalized spacial score (nSPS) is 13.1. The molecule has 3 aromatic rings. The first-order chi connectivity index (χ1) is 8.92. The van der Waals surface area contributed by atoms with Crippen molar-refractivity contribution in [3.63, 3.8) is 0 Å². The maximum Gasteiger partial charge on any atom is 0.0744 e. The Morgan fingerprint density at radius 1 is 0.778 bits per heavy atom. The highest BCUT2D eigenvalue weighted by Crippen LogP contribution is 2.33. The molecule has 0 saturated heterocycles. The summed E-state index contributed by atoms with van der Waals surface area (Å²) in [4.78, 5) is 4.86. The van der Waals surface area contributed by atoms with Gasteiger partial charge in [-0.25, -0.2) is 4.98 Å². The van der Waals surface area contributed by atoms with Gasteiger partial charge in [0.2, 0.25) is 0 Å². The van der Waals surface area contributed by atoms with Crippen LogP contribution in [0.2, 0.25) is 0 Å². The summed E-state index contributed by atoms with van der Waals surface area (Å²) in [6.45, 7) is 0. The van der Waals surface area contributed by atoms with Crippen molar-refractivity contribution in [2.45, 2.75) is 12.8 Å². The van der Waals surface area contributed by atoms with Gasteiger partial charge in [0.05, 0.1) is 11.2 Å².